The van der Waals surface area contributed by atoms with E-state index in [0.717, 1.165) is 5.56 Å². The Morgan fingerprint density at radius 1 is 1.00 bits per heavy atom. The number of para-hydroxylation sites is 1. The highest BCUT2D eigenvalue weighted by Crippen LogP contribution is 2.06. The second kappa shape index (κ2) is 6.94. The highest BCUT2D eigenvalue weighted by atomic mass is 32.2. The van der Waals surface area contributed by atoms with Crippen LogP contribution in [0.25, 0.3) is 10.9 Å². The van der Waals surface area contributed by atoms with Crippen molar-refractivity contribution in [3.8, 4) is 0 Å². The Morgan fingerprint density at radius 3 is 2.50 bits per heavy atom. The normalized spacial score (nSPS) is 11.7. The van der Waals surface area contributed by atoms with Crippen LogP contribution in [0.15, 0.2) is 59.4 Å². The molecule has 1 heterocycles. The molecule has 7 heteroatoms. The Labute approximate surface area is 139 Å². The molecule has 0 fully saturated rings. The molecule has 2 N–H and O–H groups in total. The highest BCUT2D eigenvalue weighted by molar-refractivity contribution is 7.88. The SMILES string of the molecule is O=c1[nH]c(CCNS(=O)(=O)Cc2ccccc2)nc2ccccc12. The molecule has 0 amide bonds. The smallest absolute Gasteiger partial charge is 0.258 e. The largest absolute Gasteiger partial charge is 0.310 e. The fourth-order valence-corrected chi connectivity index (χ4v) is 3.57. The zero-order chi connectivity index (χ0) is 17.0. The minimum absolute atomic E-state index is 0.0739. The van der Waals surface area contributed by atoms with Gasteiger partial charge < -0.3 is 4.98 Å². The number of hydrogen-bond donors (Lipinski definition) is 2. The Morgan fingerprint density at radius 2 is 1.71 bits per heavy atom. The molecular formula is C17H17N3O3S. The van der Waals surface area contributed by atoms with Gasteiger partial charge in [0.1, 0.15) is 5.82 Å². The topological polar surface area (TPSA) is 91.9 Å². The number of nitrogens with zero attached hydrogens (tertiary/aromatic N) is 1. The quantitative estimate of drug-likeness (QED) is 0.711. The fraction of sp³-hybridized carbons (Fsp3) is 0.176. The first kappa shape index (κ1) is 16.4. The van der Waals surface area contributed by atoms with Crippen molar-refractivity contribution in [1.82, 2.24) is 14.7 Å². The van der Waals surface area contributed by atoms with E-state index in [-0.39, 0.29) is 17.9 Å². The molecule has 124 valence electrons. The Balaban J connectivity index is 1.65. The summed E-state index contributed by atoms with van der Waals surface area (Å²) in [7, 11) is -3.43. The Kier molecular flexibility index (Phi) is 4.73. The third-order valence-corrected chi connectivity index (χ3v) is 4.90. The second-order valence-corrected chi connectivity index (χ2v) is 7.23. The average molecular weight is 343 g/mol. The van der Waals surface area contributed by atoms with Gasteiger partial charge in [-0.25, -0.2) is 18.1 Å². The number of aromatic amines is 1. The molecule has 0 radical (unpaired) electrons. The van der Waals surface area contributed by atoms with E-state index in [0.29, 0.717) is 23.1 Å². The maximum atomic E-state index is 12.1. The zero-order valence-corrected chi connectivity index (χ0v) is 13.7. The van der Waals surface area contributed by atoms with Crippen molar-refractivity contribution in [3.05, 3.63) is 76.3 Å². The van der Waals surface area contributed by atoms with E-state index in [1.54, 1.807) is 48.5 Å². The van der Waals surface area contributed by atoms with Gasteiger partial charge in [0.2, 0.25) is 10.0 Å². The summed E-state index contributed by atoms with van der Waals surface area (Å²) in [5.74, 6) is 0.385. The number of H-pyrrole nitrogens is 1. The van der Waals surface area contributed by atoms with Crippen LogP contribution in [-0.4, -0.2) is 24.9 Å². The molecule has 0 aliphatic heterocycles. The van der Waals surface area contributed by atoms with Crippen LogP contribution in [0, 0.1) is 0 Å². The number of benzene rings is 2. The van der Waals surface area contributed by atoms with Crippen LogP contribution in [0.5, 0.6) is 0 Å². The lowest BCUT2D eigenvalue weighted by atomic mass is 10.2. The Hall–Kier alpha value is -2.51. The fourth-order valence-electron chi connectivity index (χ4n) is 2.42. The van der Waals surface area contributed by atoms with E-state index < -0.39 is 10.0 Å². The molecule has 3 aromatic rings. The van der Waals surface area contributed by atoms with Crippen molar-refractivity contribution < 1.29 is 8.42 Å². The van der Waals surface area contributed by atoms with E-state index in [1.807, 2.05) is 6.07 Å². The number of fused-ring (bicyclic) bond motifs is 1. The van der Waals surface area contributed by atoms with Crippen LogP contribution in [0.2, 0.25) is 0 Å². The Bertz CT molecular complexity index is 998. The van der Waals surface area contributed by atoms with Gasteiger partial charge in [0, 0.05) is 13.0 Å². The summed E-state index contributed by atoms with van der Waals surface area (Å²) in [6, 6.07) is 16.0. The van der Waals surface area contributed by atoms with Crippen LogP contribution in [0.3, 0.4) is 0 Å². The van der Waals surface area contributed by atoms with Crippen LogP contribution in [0.1, 0.15) is 11.4 Å². The molecule has 0 saturated carbocycles. The molecule has 0 atom stereocenters. The summed E-state index contributed by atoms with van der Waals surface area (Å²) in [5, 5.41) is 0.519. The second-order valence-electron chi connectivity index (χ2n) is 5.42. The van der Waals surface area contributed by atoms with Crippen molar-refractivity contribution in [1.29, 1.82) is 0 Å². The van der Waals surface area contributed by atoms with Gasteiger partial charge in [-0.05, 0) is 17.7 Å². The van der Waals surface area contributed by atoms with E-state index in [1.165, 1.54) is 0 Å². The van der Waals surface area contributed by atoms with E-state index >= 15 is 0 Å². The number of hydrogen-bond acceptors (Lipinski definition) is 4. The summed E-state index contributed by atoms with van der Waals surface area (Å²) in [6.45, 7) is 0.177. The van der Waals surface area contributed by atoms with E-state index in [4.69, 9.17) is 0 Å². The number of sulfonamides is 1. The van der Waals surface area contributed by atoms with Crippen LogP contribution in [-0.2, 0) is 22.2 Å². The van der Waals surface area contributed by atoms with Crippen LogP contribution in [0.4, 0.5) is 0 Å². The first-order chi connectivity index (χ1) is 11.5. The monoisotopic (exact) mass is 343 g/mol. The molecule has 0 spiro atoms. The molecule has 3 rings (SSSR count). The maximum absolute atomic E-state index is 12.1. The predicted octanol–water partition coefficient (Wildman–Crippen LogP) is 1.59. The standard InChI is InChI=1S/C17H17N3O3S/c21-17-14-8-4-5-9-15(14)19-16(20-17)10-11-18-24(22,23)12-13-6-2-1-3-7-13/h1-9,18H,10-12H2,(H,19,20,21). The number of aromatic nitrogens is 2. The summed E-state index contributed by atoms with van der Waals surface area (Å²) < 4.78 is 26.7. The summed E-state index contributed by atoms with van der Waals surface area (Å²) in [4.78, 5) is 19.0. The molecule has 24 heavy (non-hydrogen) atoms. The van der Waals surface area contributed by atoms with Crippen molar-refractivity contribution in [3.63, 3.8) is 0 Å². The van der Waals surface area contributed by atoms with Gasteiger partial charge in [0.05, 0.1) is 16.7 Å². The van der Waals surface area contributed by atoms with Gasteiger partial charge in [-0.2, -0.15) is 0 Å². The highest BCUT2D eigenvalue weighted by Gasteiger charge is 2.11. The lowest BCUT2D eigenvalue weighted by Crippen LogP contribution is -2.28. The first-order valence-electron chi connectivity index (χ1n) is 7.53. The number of rotatable bonds is 6. The zero-order valence-electron chi connectivity index (χ0n) is 12.9. The molecule has 6 nitrogen and oxygen atoms in total. The molecule has 0 aliphatic carbocycles. The molecule has 0 aliphatic rings. The summed E-state index contributed by atoms with van der Waals surface area (Å²) >= 11 is 0. The van der Waals surface area contributed by atoms with Gasteiger partial charge >= 0.3 is 0 Å². The van der Waals surface area contributed by atoms with Gasteiger partial charge in [-0.1, -0.05) is 42.5 Å². The summed E-state index contributed by atoms with van der Waals surface area (Å²) in [6.07, 6.45) is 0.314. The average Bonchev–Trinajstić information content (AvgIpc) is 2.55. The van der Waals surface area contributed by atoms with Gasteiger partial charge in [0.15, 0.2) is 0 Å². The van der Waals surface area contributed by atoms with Crippen LogP contribution < -0.4 is 10.3 Å². The molecule has 0 saturated heterocycles. The lowest BCUT2D eigenvalue weighted by molar-refractivity contribution is 0.580. The van der Waals surface area contributed by atoms with Crippen molar-refractivity contribution in [2.24, 2.45) is 0 Å². The molecule has 1 aromatic heterocycles. The first-order valence-corrected chi connectivity index (χ1v) is 9.18. The minimum atomic E-state index is -3.43. The molecule has 0 unspecified atom stereocenters. The van der Waals surface area contributed by atoms with Gasteiger partial charge in [0.25, 0.3) is 5.56 Å². The van der Waals surface area contributed by atoms with Gasteiger partial charge in [-0.15, -0.1) is 0 Å². The molecule has 2 aromatic carbocycles. The van der Waals surface area contributed by atoms with Crippen molar-refractivity contribution >= 4 is 20.9 Å². The molecule has 0 bridgehead atoms. The van der Waals surface area contributed by atoms with Crippen molar-refractivity contribution in [2.75, 3.05) is 6.54 Å². The number of nitrogens with one attached hydrogen (secondary N) is 2. The van der Waals surface area contributed by atoms with Crippen molar-refractivity contribution in [2.45, 2.75) is 12.2 Å². The van der Waals surface area contributed by atoms with Gasteiger partial charge in [-0.3, -0.25) is 4.79 Å². The van der Waals surface area contributed by atoms with E-state index in [2.05, 4.69) is 14.7 Å². The van der Waals surface area contributed by atoms with E-state index in [9.17, 15) is 13.2 Å². The van der Waals surface area contributed by atoms with Crippen LogP contribution >= 0.6 is 0 Å². The third-order valence-electron chi connectivity index (χ3n) is 3.55. The summed E-state index contributed by atoms with van der Waals surface area (Å²) in [5.41, 5.74) is 1.10. The maximum Gasteiger partial charge on any atom is 0.258 e. The minimum Gasteiger partial charge on any atom is -0.310 e. The predicted molar refractivity (Wildman–Crippen MR) is 93.1 cm³/mol. The third kappa shape index (κ3) is 4.06. The molecular weight excluding hydrogens is 326 g/mol. The lowest BCUT2D eigenvalue weighted by Gasteiger charge is -2.07.